The normalized spacial score (nSPS) is 13.5. The van der Waals surface area contributed by atoms with Gasteiger partial charge in [0.1, 0.15) is 5.82 Å². The maximum absolute atomic E-state index is 13.0. The summed E-state index contributed by atoms with van der Waals surface area (Å²) in [6, 6.07) is 17.4. The van der Waals surface area contributed by atoms with Gasteiger partial charge in [0.15, 0.2) is 0 Å². The first-order chi connectivity index (χ1) is 19.2. The van der Waals surface area contributed by atoms with E-state index in [4.69, 9.17) is 4.98 Å². The molecule has 0 aliphatic carbocycles. The van der Waals surface area contributed by atoms with Crippen LogP contribution in [-0.2, 0) is 6.18 Å². The van der Waals surface area contributed by atoms with Crippen LogP contribution in [0.4, 0.5) is 46.8 Å². The summed E-state index contributed by atoms with van der Waals surface area (Å²) in [6.45, 7) is 2.67. The predicted molar refractivity (Wildman–Crippen MR) is 154 cm³/mol. The highest BCUT2D eigenvalue weighted by Gasteiger charge is 2.30. The second-order valence-corrected chi connectivity index (χ2v) is 10.4. The molecule has 5 rings (SSSR count). The van der Waals surface area contributed by atoms with Gasteiger partial charge in [0.2, 0.25) is 5.95 Å². The number of carbonyl (C=O) groups excluding carboxylic acids is 1. The van der Waals surface area contributed by atoms with Crippen LogP contribution in [0.25, 0.3) is 11.1 Å². The summed E-state index contributed by atoms with van der Waals surface area (Å²) < 4.78 is 38.9. The minimum absolute atomic E-state index is 0.0444. The van der Waals surface area contributed by atoms with Crippen molar-refractivity contribution >= 4 is 46.6 Å². The topological polar surface area (TPSA) is 91.0 Å². The van der Waals surface area contributed by atoms with Crippen LogP contribution in [0, 0.1) is 6.92 Å². The molecule has 2 amide bonds. The van der Waals surface area contributed by atoms with Crippen molar-refractivity contribution in [2.75, 3.05) is 33.6 Å². The van der Waals surface area contributed by atoms with Gasteiger partial charge in [0, 0.05) is 40.3 Å². The van der Waals surface area contributed by atoms with Gasteiger partial charge in [-0.2, -0.15) is 18.2 Å². The minimum Gasteiger partial charge on any atom is -0.369 e. The number of thioether (sulfide) groups is 1. The summed E-state index contributed by atoms with van der Waals surface area (Å²) in [5.74, 6) is 2.21. The van der Waals surface area contributed by atoms with Crippen LogP contribution in [0.1, 0.15) is 24.0 Å². The second-order valence-electron chi connectivity index (χ2n) is 9.28. The van der Waals surface area contributed by atoms with Crippen molar-refractivity contribution in [2.45, 2.75) is 30.8 Å². The Morgan fingerprint density at radius 3 is 2.55 bits per heavy atom. The van der Waals surface area contributed by atoms with Gasteiger partial charge < -0.3 is 21.3 Å². The van der Waals surface area contributed by atoms with Gasteiger partial charge in [-0.3, -0.25) is 0 Å². The van der Waals surface area contributed by atoms with E-state index < -0.39 is 17.8 Å². The minimum atomic E-state index is -4.49. The van der Waals surface area contributed by atoms with Crippen molar-refractivity contribution in [1.29, 1.82) is 0 Å². The molecule has 4 bridgehead atoms. The van der Waals surface area contributed by atoms with Gasteiger partial charge in [-0.05, 0) is 85.2 Å². The summed E-state index contributed by atoms with van der Waals surface area (Å²) in [5.41, 5.74) is 3.20. The quantitative estimate of drug-likeness (QED) is 0.201. The van der Waals surface area contributed by atoms with Crippen LogP contribution in [0.5, 0.6) is 0 Å². The fourth-order valence-corrected chi connectivity index (χ4v) is 5.27. The van der Waals surface area contributed by atoms with E-state index in [0.717, 1.165) is 59.6 Å². The first-order valence-corrected chi connectivity index (χ1v) is 13.7. The Kier molecular flexibility index (Phi) is 8.11. The molecular weight excluding hydrogens is 537 g/mol. The molecular formula is C29H27F3N6OS. The van der Waals surface area contributed by atoms with Gasteiger partial charge in [-0.15, -0.1) is 11.8 Å². The number of hydrogen-bond acceptors (Lipinski definition) is 6. The molecule has 1 aliphatic heterocycles. The first-order valence-electron chi connectivity index (χ1n) is 12.7. The van der Waals surface area contributed by atoms with Crippen LogP contribution in [0.15, 0.2) is 77.8 Å². The van der Waals surface area contributed by atoms with E-state index in [1.54, 1.807) is 18.3 Å². The van der Waals surface area contributed by atoms with E-state index in [1.807, 2.05) is 36.9 Å². The number of fused-ring (bicyclic) bond motifs is 4. The molecule has 4 aromatic rings. The lowest BCUT2D eigenvalue weighted by atomic mass is 10.0. The molecule has 0 radical (unpaired) electrons. The van der Waals surface area contributed by atoms with E-state index in [2.05, 4.69) is 38.4 Å². The van der Waals surface area contributed by atoms with E-state index in [-0.39, 0.29) is 5.69 Å². The SMILES string of the molecule is Cc1cc(NC(=O)Nc2cccc(C(F)(F)F)c2)ccc1-c1cnc2nc1NCCCCSc1cccc(c1)N2. The lowest BCUT2D eigenvalue weighted by Crippen LogP contribution is -2.20. The molecule has 1 aromatic heterocycles. The highest BCUT2D eigenvalue weighted by Crippen LogP contribution is 2.33. The lowest BCUT2D eigenvalue weighted by Gasteiger charge is -2.16. The van der Waals surface area contributed by atoms with Gasteiger partial charge in [0.25, 0.3) is 0 Å². The molecule has 11 heteroatoms. The zero-order chi connectivity index (χ0) is 28.1. The van der Waals surface area contributed by atoms with Crippen LogP contribution in [0.2, 0.25) is 0 Å². The molecule has 206 valence electrons. The zero-order valence-electron chi connectivity index (χ0n) is 21.6. The van der Waals surface area contributed by atoms with Crippen LogP contribution < -0.4 is 21.3 Å². The number of halogens is 3. The first kappa shape index (κ1) is 27.3. The van der Waals surface area contributed by atoms with Crippen molar-refractivity contribution < 1.29 is 18.0 Å². The Labute approximate surface area is 234 Å². The summed E-state index contributed by atoms with van der Waals surface area (Å²) in [4.78, 5) is 23.0. The average molecular weight is 565 g/mol. The molecule has 0 atom stereocenters. The predicted octanol–water partition coefficient (Wildman–Crippen LogP) is 8.16. The monoisotopic (exact) mass is 564 g/mol. The number of nitrogens with one attached hydrogen (secondary N) is 4. The highest BCUT2D eigenvalue weighted by atomic mass is 32.2. The Morgan fingerprint density at radius 1 is 0.950 bits per heavy atom. The van der Waals surface area contributed by atoms with Gasteiger partial charge in [-0.1, -0.05) is 18.2 Å². The summed E-state index contributed by atoms with van der Waals surface area (Å²) in [5, 5.41) is 11.9. The smallest absolute Gasteiger partial charge is 0.369 e. The number of aromatic nitrogens is 2. The maximum Gasteiger partial charge on any atom is 0.416 e. The molecule has 4 N–H and O–H groups in total. The standard InChI is InChI=1S/C29H27F3N6OS/c1-18-14-22(37-28(39)36-20-7-4-6-19(15-20)29(30,31)32)10-11-24(18)25-17-34-27-35-21-8-5-9-23(16-21)40-13-3-2-12-33-26(25)38-27/h4-11,14-17H,2-3,12-13H2,1H3,(H2,36,37,39)(H2,33,34,35,38). The van der Waals surface area contributed by atoms with Crippen molar-refractivity contribution in [1.82, 2.24) is 9.97 Å². The van der Waals surface area contributed by atoms with Crippen molar-refractivity contribution in [3.05, 3.63) is 84.1 Å². The maximum atomic E-state index is 13.0. The third-order valence-corrected chi connectivity index (χ3v) is 7.31. The number of rotatable bonds is 3. The average Bonchev–Trinajstić information content (AvgIpc) is 2.91. The number of urea groups is 1. The number of hydrogen-bond donors (Lipinski definition) is 4. The summed E-state index contributed by atoms with van der Waals surface area (Å²) in [7, 11) is 0. The second kappa shape index (κ2) is 11.9. The third kappa shape index (κ3) is 6.84. The third-order valence-electron chi connectivity index (χ3n) is 6.23. The number of benzene rings is 3. The molecule has 0 fully saturated rings. The van der Waals surface area contributed by atoms with Gasteiger partial charge in [-0.25, -0.2) is 9.78 Å². The number of nitrogens with zero attached hydrogens (tertiary/aromatic N) is 2. The number of alkyl halides is 3. The highest BCUT2D eigenvalue weighted by molar-refractivity contribution is 7.99. The van der Waals surface area contributed by atoms with Crippen LogP contribution in [0.3, 0.4) is 0 Å². The molecule has 0 spiro atoms. The summed E-state index contributed by atoms with van der Waals surface area (Å²) in [6.07, 6.45) is -0.677. The molecule has 7 nitrogen and oxygen atoms in total. The van der Waals surface area contributed by atoms with Crippen LogP contribution in [-0.4, -0.2) is 28.3 Å². The molecule has 40 heavy (non-hydrogen) atoms. The van der Waals surface area contributed by atoms with Gasteiger partial charge >= 0.3 is 12.2 Å². The largest absolute Gasteiger partial charge is 0.416 e. The number of anilines is 5. The molecule has 0 unspecified atom stereocenters. The zero-order valence-corrected chi connectivity index (χ0v) is 22.4. The fourth-order valence-electron chi connectivity index (χ4n) is 4.30. The molecule has 1 aliphatic rings. The van der Waals surface area contributed by atoms with Crippen molar-refractivity contribution in [3.8, 4) is 11.1 Å². The Morgan fingerprint density at radius 2 is 1.75 bits per heavy atom. The Balaban J connectivity index is 1.34. The Hall–Kier alpha value is -4.25. The van der Waals surface area contributed by atoms with Gasteiger partial charge in [0.05, 0.1) is 5.56 Å². The van der Waals surface area contributed by atoms with E-state index in [1.165, 1.54) is 17.0 Å². The molecule has 0 saturated carbocycles. The van der Waals surface area contributed by atoms with Crippen molar-refractivity contribution in [3.63, 3.8) is 0 Å². The Bertz CT molecular complexity index is 1530. The fraction of sp³-hybridized carbons (Fsp3) is 0.207. The van der Waals surface area contributed by atoms with Crippen molar-refractivity contribution in [2.24, 2.45) is 0 Å². The van der Waals surface area contributed by atoms with Crippen LogP contribution >= 0.6 is 11.8 Å². The van der Waals surface area contributed by atoms with E-state index in [9.17, 15) is 18.0 Å². The lowest BCUT2D eigenvalue weighted by molar-refractivity contribution is -0.137. The molecule has 3 aromatic carbocycles. The number of aryl methyl sites for hydroxylation is 1. The molecule has 2 heterocycles. The van der Waals surface area contributed by atoms with E-state index >= 15 is 0 Å². The summed E-state index contributed by atoms with van der Waals surface area (Å²) >= 11 is 1.83. The molecule has 0 saturated heterocycles. The number of amides is 2. The number of carbonyl (C=O) groups is 1. The van der Waals surface area contributed by atoms with E-state index in [0.29, 0.717) is 17.5 Å².